The van der Waals surface area contributed by atoms with E-state index in [4.69, 9.17) is 0 Å². The molecule has 0 saturated carbocycles. The van der Waals surface area contributed by atoms with Gasteiger partial charge in [-0.1, -0.05) is 0 Å². The largest absolute Gasteiger partial charge is 0.333 e. The highest BCUT2D eigenvalue weighted by atomic mass is 32.1. The summed E-state index contributed by atoms with van der Waals surface area (Å²) in [6.07, 6.45) is 1.28. The van der Waals surface area contributed by atoms with Gasteiger partial charge in [-0.2, -0.15) is 0 Å². The molecule has 0 spiro atoms. The van der Waals surface area contributed by atoms with Crippen LogP contribution < -0.4 is 5.32 Å². The first-order valence-electron chi connectivity index (χ1n) is 6.23. The minimum absolute atomic E-state index is 0.162. The minimum Gasteiger partial charge on any atom is -0.333 e. The van der Waals surface area contributed by atoms with Crippen molar-refractivity contribution >= 4 is 17.4 Å². The Morgan fingerprint density at radius 3 is 3.00 bits per heavy atom. The van der Waals surface area contributed by atoms with Crippen molar-refractivity contribution in [2.45, 2.75) is 38.9 Å². The van der Waals surface area contributed by atoms with Crippen LogP contribution >= 0.6 is 11.3 Å². The van der Waals surface area contributed by atoms with Gasteiger partial charge >= 0.3 is 6.03 Å². The van der Waals surface area contributed by atoms with E-state index in [2.05, 4.69) is 5.32 Å². The summed E-state index contributed by atoms with van der Waals surface area (Å²) < 4.78 is 13.8. The molecule has 3 nitrogen and oxygen atoms in total. The zero-order valence-corrected chi connectivity index (χ0v) is 11.6. The van der Waals surface area contributed by atoms with E-state index in [0.29, 0.717) is 19.5 Å². The zero-order valence-electron chi connectivity index (χ0n) is 10.8. The number of alkyl halides is 1. The van der Waals surface area contributed by atoms with E-state index in [-0.39, 0.29) is 12.6 Å². The average Bonchev–Trinajstić information content (AvgIpc) is 2.70. The lowest BCUT2D eigenvalue weighted by Gasteiger charge is -2.35. The monoisotopic (exact) mass is 270 g/mol. The highest BCUT2D eigenvalue weighted by Gasteiger charge is 2.32. The number of carbonyl (C=O) groups is 1. The SMILES string of the molecule is Cc1ccc(CNC(=O)N2CCCC(C)(F)C2)s1. The van der Waals surface area contributed by atoms with Gasteiger partial charge in [-0.3, -0.25) is 0 Å². The van der Waals surface area contributed by atoms with E-state index >= 15 is 0 Å². The first-order chi connectivity index (χ1) is 8.46. The third-order valence-corrected chi connectivity index (χ3v) is 4.14. The molecule has 5 heteroatoms. The molecular formula is C13H19FN2OS. The maximum atomic E-state index is 13.8. The second kappa shape index (κ2) is 5.26. The summed E-state index contributed by atoms with van der Waals surface area (Å²) in [6, 6.07) is 3.88. The van der Waals surface area contributed by atoms with Gasteiger partial charge in [-0.15, -0.1) is 11.3 Å². The number of amides is 2. The van der Waals surface area contributed by atoms with Crippen LogP contribution in [-0.4, -0.2) is 29.7 Å². The Morgan fingerprint density at radius 1 is 1.61 bits per heavy atom. The van der Waals surface area contributed by atoms with Crippen LogP contribution in [0.25, 0.3) is 0 Å². The van der Waals surface area contributed by atoms with Gasteiger partial charge in [0.2, 0.25) is 0 Å². The molecule has 1 fully saturated rings. The number of carbonyl (C=O) groups excluding carboxylic acids is 1. The number of likely N-dealkylation sites (tertiary alicyclic amines) is 1. The summed E-state index contributed by atoms with van der Waals surface area (Å²) in [6.45, 7) is 4.97. The summed E-state index contributed by atoms with van der Waals surface area (Å²) in [5.74, 6) is 0. The Labute approximate surface area is 111 Å². The molecular weight excluding hydrogens is 251 g/mol. The molecule has 1 aliphatic rings. The average molecular weight is 270 g/mol. The second-order valence-corrected chi connectivity index (χ2v) is 6.48. The first-order valence-corrected chi connectivity index (χ1v) is 7.05. The Kier molecular flexibility index (Phi) is 3.90. The second-order valence-electron chi connectivity index (χ2n) is 5.11. The van der Waals surface area contributed by atoms with Gasteiger partial charge in [0.25, 0.3) is 0 Å². The first kappa shape index (κ1) is 13.3. The predicted molar refractivity (Wildman–Crippen MR) is 71.6 cm³/mol. The lowest BCUT2D eigenvalue weighted by Crippen LogP contribution is -2.49. The van der Waals surface area contributed by atoms with Crippen LogP contribution in [0.5, 0.6) is 0 Å². The van der Waals surface area contributed by atoms with E-state index in [1.54, 1.807) is 23.2 Å². The van der Waals surface area contributed by atoms with E-state index < -0.39 is 5.67 Å². The van der Waals surface area contributed by atoms with E-state index in [1.165, 1.54) is 4.88 Å². The van der Waals surface area contributed by atoms with Crippen molar-refractivity contribution in [3.8, 4) is 0 Å². The van der Waals surface area contributed by atoms with Gasteiger partial charge in [0.1, 0.15) is 5.67 Å². The van der Waals surface area contributed by atoms with Crippen molar-refractivity contribution in [2.24, 2.45) is 0 Å². The van der Waals surface area contributed by atoms with E-state index in [9.17, 15) is 9.18 Å². The Balaban J connectivity index is 1.84. The number of halogens is 1. The minimum atomic E-state index is -1.24. The number of rotatable bonds is 2. The van der Waals surface area contributed by atoms with Crippen molar-refractivity contribution < 1.29 is 9.18 Å². The van der Waals surface area contributed by atoms with Crippen LogP contribution in [0.2, 0.25) is 0 Å². The number of piperidine rings is 1. The quantitative estimate of drug-likeness (QED) is 0.880. The zero-order chi connectivity index (χ0) is 13.2. The molecule has 1 aliphatic heterocycles. The van der Waals surface area contributed by atoms with Crippen LogP contribution in [0.15, 0.2) is 12.1 Å². The lowest BCUT2D eigenvalue weighted by atomic mass is 9.97. The molecule has 1 atom stereocenters. The smallest absolute Gasteiger partial charge is 0.317 e. The van der Waals surface area contributed by atoms with Gasteiger partial charge in [0, 0.05) is 16.3 Å². The fraction of sp³-hybridized carbons (Fsp3) is 0.615. The summed E-state index contributed by atoms with van der Waals surface area (Å²) in [7, 11) is 0. The van der Waals surface area contributed by atoms with Crippen molar-refractivity contribution in [1.82, 2.24) is 10.2 Å². The molecule has 1 aromatic rings. The highest BCUT2D eigenvalue weighted by molar-refractivity contribution is 7.11. The topological polar surface area (TPSA) is 32.3 Å². The van der Waals surface area contributed by atoms with Crippen molar-refractivity contribution in [3.63, 3.8) is 0 Å². The molecule has 0 aromatic carbocycles. The Bertz CT molecular complexity index is 430. The third kappa shape index (κ3) is 3.45. The van der Waals surface area contributed by atoms with Crippen molar-refractivity contribution in [1.29, 1.82) is 0 Å². The van der Waals surface area contributed by atoms with Gasteiger partial charge in [0.05, 0.1) is 13.1 Å². The van der Waals surface area contributed by atoms with Crippen molar-refractivity contribution in [2.75, 3.05) is 13.1 Å². The molecule has 0 radical (unpaired) electrons. The van der Waals surface area contributed by atoms with Crippen LogP contribution in [0.3, 0.4) is 0 Å². The summed E-state index contributed by atoms with van der Waals surface area (Å²) in [4.78, 5) is 15.8. The number of hydrogen-bond donors (Lipinski definition) is 1. The summed E-state index contributed by atoms with van der Waals surface area (Å²) in [5, 5.41) is 2.85. The number of nitrogens with one attached hydrogen (secondary N) is 1. The number of thiophene rings is 1. The maximum absolute atomic E-state index is 13.8. The molecule has 2 rings (SSSR count). The Morgan fingerprint density at radius 2 is 2.39 bits per heavy atom. The maximum Gasteiger partial charge on any atom is 0.317 e. The van der Waals surface area contributed by atoms with Crippen LogP contribution in [0, 0.1) is 6.92 Å². The van der Waals surface area contributed by atoms with Gasteiger partial charge in [-0.25, -0.2) is 9.18 Å². The molecule has 1 saturated heterocycles. The normalized spacial score (nSPS) is 24.1. The molecule has 1 aromatic heterocycles. The van der Waals surface area contributed by atoms with Gasteiger partial charge < -0.3 is 10.2 Å². The molecule has 100 valence electrons. The van der Waals surface area contributed by atoms with Crippen molar-refractivity contribution in [3.05, 3.63) is 21.9 Å². The van der Waals surface area contributed by atoms with Crippen LogP contribution in [0.4, 0.5) is 9.18 Å². The highest BCUT2D eigenvalue weighted by Crippen LogP contribution is 2.24. The molecule has 18 heavy (non-hydrogen) atoms. The molecule has 2 amide bonds. The fourth-order valence-corrected chi connectivity index (χ4v) is 3.05. The molecule has 0 bridgehead atoms. The number of nitrogens with zero attached hydrogens (tertiary/aromatic N) is 1. The number of urea groups is 1. The Hall–Kier alpha value is -1.10. The van der Waals surface area contributed by atoms with Crippen LogP contribution in [0.1, 0.15) is 29.5 Å². The van der Waals surface area contributed by atoms with Gasteiger partial charge in [0.15, 0.2) is 0 Å². The molecule has 1 N–H and O–H groups in total. The lowest BCUT2D eigenvalue weighted by molar-refractivity contribution is 0.0763. The van der Waals surface area contributed by atoms with E-state index in [0.717, 1.165) is 11.3 Å². The fourth-order valence-electron chi connectivity index (χ4n) is 2.22. The van der Waals surface area contributed by atoms with Gasteiger partial charge in [-0.05, 0) is 38.8 Å². The molecule has 0 aliphatic carbocycles. The third-order valence-electron chi connectivity index (χ3n) is 3.14. The molecule has 1 unspecified atom stereocenters. The van der Waals surface area contributed by atoms with E-state index in [1.807, 2.05) is 19.1 Å². The number of aryl methyl sites for hydroxylation is 1. The molecule has 2 heterocycles. The van der Waals surface area contributed by atoms with Crippen LogP contribution in [-0.2, 0) is 6.54 Å². The summed E-state index contributed by atoms with van der Waals surface area (Å²) in [5.41, 5.74) is -1.24. The number of hydrogen-bond acceptors (Lipinski definition) is 2. The summed E-state index contributed by atoms with van der Waals surface area (Å²) >= 11 is 1.67. The standard InChI is InChI=1S/C13H19FN2OS/c1-10-4-5-11(18-10)8-15-12(17)16-7-3-6-13(2,14)9-16/h4-5H,3,6-9H2,1-2H3,(H,15,17). The predicted octanol–water partition coefficient (Wildman–Crippen LogP) is 3.09.